The zero-order valence-corrected chi connectivity index (χ0v) is 12.4. The molecule has 2 rings (SSSR count). The minimum Gasteiger partial charge on any atom is -0.453 e. The summed E-state index contributed by atoms with van der Waals surface area (Å²) >= 11 is 5.00. The third kappa shape index (κ3) is 3.18. The Balaban J connectivity index is 2.01. The molecule has 3 nitrogen and oxygen atoms in total. The van der Waals surface area contributed by atoms with Crippen LogP contribution in [0.25, 0.3) is 0 Å². The number of aryl methyl sites for hydroxylation is 1. The largest absolute Gasteiger partial charge is 0.453 e. The molecule has 0 amide bonds. The van der Waals surface area contributed by atoms with Gasteiger partial charge in [0.05, 0.1) is 12.1 Å². The van der Waals surface area contributed by atoms with E-state index >= 15 is 0 Å². The molecule has 0 aromatic carbocycles. The summed E-state index contributed by atoms with van der Waals surface area (Å²) in [7, 11) is 0. The average Bonchev–Trinajstić information content (AvgIpc) is 2.87. The molecular weight excluding hydrogens is 300 g/mol. The second-order valence-corrected chi connectivity index (χ2v) is 5.75. The van der Waals surface area contributed by atoms with Crippen molar-refractivity contribution in [1.29, 1.82) is 0 Å². The van der Waals surface area contributed by atoms with E-state index in [1.807, 2.05) is 19.1 Å². The van der Waals surface area contributed by atoms with Crippen LogP contribution in [0.3, 0.4) is 0 Å². The summed E-state index contributed by atoms with van der Waals surface area (Å²) in [4.78, 5) is 4.48. The van der Waals surface area contributed by atoms with E-state index < -0.39 is 0 Å². The Labute approximate surface area is 113 Å². The molecule has 92 valence electrons. The van der Waals surface area contributed by atoms with Gasteiger partial charge in [0.2, 0.25) is 0 Å². The van der Waals surface area contributed by atoms with Crippen molar-refractivity contribution < 1.29 is 4.42 Å². The van der Waals surface area contributed by atoms with Crippen LogP contribution in [0.5, 0.6) is 0 Å². The van der Waals surface area contributed by atoms with Crippen LogP contribution in [0.1, 0.15) is 42.4 Å². The van der Waals surface area contributed by atoms with Crippen LogP contribution >= 0.6 is 27.3 Å². The molecule has 2 unspecified atom stereocenters. The van der Waals surface area contributed by atoms with Crippen molar-refractivity contribution in [2.24, 2.45) is 0 Å². The summed E-state index contributed by atoms with van der Waals surface area (Å²) in [5, 5.41) is 6.65. The molecule has 0 saturated carbocycles. The molecule has 0 aliphatic heterocycles. The number of hydrogen-bond acceptors (Lipinski definition) is 4. The Morgan fingerprint density at radius 2 is 2.12 bits per heavy atom. The maximum absolute atomic E-state index is 5.52. The molecule has 0 fully saturated rings. The minimum atomic E-state index is 0.167. The van der Waals surface area contributed by atoms with Crippen molar-refractivity contribution >= 4 is 27.3 Å². The van der Waals surface area contributed by atoms with Crippen molar-refractivity contribution in [2.45, 2.75) is 32.9 Å². The number of hydrogen-bond donors (Lipinski definition) is 1. The topological polar surface area (TPSA) is 38.1 Å². The first-order chi connectivity index (χ1) is 8.06. The number of nitrogens with one attached hydrogen (secondary N) is 1. The Morgan fingerprint density at radius 1 is 1.35 bits per heavy atom. The summed E-state index contributed by atoms with van der Waals surface area (Å²) < 4.78 is 6.29. The van der Waals surface area contributed by atoms with Crippen molar-refractivity contribution in [3.05, 3.63) is 38.6 Å². The van der Waals surface area contributed by atoms with E-state index in [-0.39, 0.29) is 12.1 Å². The maximum atomic E-state index is 5.52. The molecular formula is C12H15BrN2OS. The molecule has 0 spiro atoms. The Hall–Kier alpha value is -0.650. The van der Waals surface area contributed by atoms with E-state index in [0.29, 0.717) is 0 Å². The van der Waals surface area contributed by atoms with Crippen LogP contribution in [0.4, 0.5) is 0 Å². The maximum Gasteiger partial charge on any atom is 0.169 e. The van der Waals surface area contributed by atoms with Crippen LogP contribution in [0.15, 0.2) is 26.6 Å². The number of thiazole rings is 1. The van der Waals surface area contributed by atoms with Crippen LogP contribution < -0.4 is 5.32 Å². The molecule has 2 aromatic rings. The predicted octanol–water partition coefficient (Wildman–Crippen LogP) is 4.22. The standard InChI is InChI=1S/C12H15BrN2OS/c1-7-6-17-12(14-7)9(3)15-8(2)10-4-5-11(13)16-10/h4-6,8-9,15H,1-3H3. The van der Waals surface area contributed by atoms with Crippen molar-refractivity contribution in [2.75, 3.05) is 0 Å². The first kappa shape index (κ1) is 12.8. The van der Waals surface area contributed by atoms with Gasteiger partial charge in [0.25, 0.3) is 0 Å². The lowest BCUT2D eigenvalue weighted by Crippen LogP contribution is -2.22. The fourth-order valence-electron chi connectivity index (χ4n) is 1.66. The summed E-state index contributed by atoms with van der Waals surface area (Å²) in [5.41, 5.74) is 1.08. The summed E-state index contributed by atoms with van der Waals surface area (Å²) in [6.45, 7) is 6.22. The Morgan fingerprint density at radius 3 is 2.65 bits per heavy atom. The van der Waals surface area contributed by atoms with Gasteiger partial charge in [-0.3, -0.25) is 5.32 Å². The van der Waals surface area contributed by atoms with Gasteiger partial charge < -0.3 is 4.42 Å². The molecule has 1 N–H and O–H groups in total. The van der Waals surface area contributed by atoms with Gasteiger partial charge >= 0.3 is 0 Å². The van der Waals surface area contributed by atoms with Crippen LogP contribution in [-0.4, -0.2) is 4.98 Å². The second-order valence-electron chi connectivity index (χ2n) is 4.08. The van der Waals surface area contributed by atoms with E-state index in [2.05, 4.69) is 45.5 Å². The third-order valence-electron chi connectivity index (χ3n) is 2.53. The zero-order chi connectivity index (χ0) is 12.4. The minimum absolute atomic E-state index is 0.167. The highest BCUT2D eigenvalue weighted by atomic mass is 79.9. The highest BCUT2D eigenvalue weighted by Crippen LogP contribution is 2.24. The van der Waals surface area contributed by atoms with Crippen molar-refractivity contribution in [1.82, 2.24) is 10.3 Å². The van der Waals surface area contributed by atoms with E-state index in [1.165, 1.54) is 0 Å². The fraction of sp³-hybridized carbons (Fsp3) is 0.417. The van der Waals surface area contributed by atoms with E-state index in [1.54, 1.807) is 11.3 Å². The zero-order valence-electron chi connectivity index (χ0n) is 10.0. The molecule has 0 aliphatic carbocycles. The van der Waals surface area contributed by atoms with Crippen molar-refractivity contribution in [3.63, 3.8) is 0 Å². The lowest BCUT2D eigenvalue weighted by Gasteiger charge is -2.16. The highest BCUT2D eigenvalue weighted by molar-refractivity contribution is 9.10. The summed E-state index contributed by atoms with van der Waals surface area (Å²) in [6, 6.07) is 4.28. The molecule has 2 aromatic heterocycles. The lowest BCUT2D eigenvalue weighted by molar-refractivity contribution is 0.393. The molecule has 0 bridgehead atoms. The third-order valence-corrected chi connectivity index (χ3v) is 4.10. The SMILES string of the molecule is Cc1csc(C(C)NC(C)c2ccc(Br)o2)n1. The van der Waals surface area contributed by atoms with Crippen LogP contribution in [0, 0.1) is 6.92 Å². The molecule has 5 heteroatoms. The van der Waals surface area contributed by atoms with Gasteiger partial charge in [0.15, 0.2) is 4.67 Å². The fourth-order valence-corrected chi connectivity index (χ4v) is 2.79. The first-order valence-electron chi connectivity index (χ1n) is 5.49. The van der Waals surface area contributed by atoms with Gasteiger partial charge in [-0.05, 0) is 48.8 Å². The highest BCUT2D eigenvalue weighted by Gasteiger charge is 2.15. The van der Waals surface area contributed by atoms with E-state index in [9.17, 15) is 0 Å². The van der Waals surface area contributed by atoms with Gasteiger partial charge in [0, 0.05) is 11.1 Å². The molecule has 0 saturated heterocycles. The van der Waals surface area contributed by atoms with E-state index in [4.69, 9.17) is 4.42 Å². The number of aromatic nitrogens is 1. The molecule has 2 atom stereocenters. The average molecular weight is 315 g/mol. The number of rotatable bonds is 4. The second kappa shape index (κ2) is 5.33. The molecule has 2 heterocycles. The molecule has 17 heavy (non-hydrogen) atoms. The first-order valence-corrected chi connectivity index (χ1v) is 7.17. The van der Waals surface area contributed by atoms with Crippen LogP contribution in [0.2, 0.25) is 0 Å². The predicted molar refractivity (Wildman–Crippen MR) is 73.2 cm³/mol. The molecule has 0 aliphatic rings. The van der Waals surface area contributed by atoms with Gasteiger partial charge in [-0.25, -0.2) is 4.98 Å². The monoisotopic (exact) mass is 314 g/mol. The van der Waals surface area contributed by atoms with Crippen molar-refractivity contribution in [3.8, 4) is 0 Å². The van der Waals surface area contributed by atoms with Gasteiger partial charge in [0.1, 0.15) is 10.8 Å². The summed E-state index contributed by atoms with van der Waals surface area (Å²) in [6.07, 6.45) is 0. The smallest absolute Gasteiger partial charge is 0.169 e. The summed E-state index contributed by atoms with van der Waals surface area (Å²) in [5.74, 6) is 0.928. The lowest BCUT2D eigenvalue weighted by atomic mass is 10.2. The number of nitrogens with zero attached hydrogens (tertiary/aromatic N) is 1. The van der Waals surface area contributed by atoms with Gasteiger partial charge in [-0.2, -0.15) is 0 Å². The van der Waals surface area contributed by atoms with Gasteiger partial charge in [-0.15, -0.1) is 11.3 Å². The number of halogens is 1. The van der Waals surface area contributed by atoms with Gasteiger partial charge in [-0.1, -0.05) is 0 Å². The number of furan rings is 1. The normalized spacial score (nSPS) is 14.8. The molecule has 0 radical (unpaired) electrons. The Kier molecular flexibility index (Phi) is 4.01. The quantitative estimate of drug-likeness (QED) is 0.918. The Bertz CT molecular complexity index is 450. The van der Waals surface area contributed by atoms with Crippen LogP contribution in [-0.2, 0) is 0 Å². The van der Waals surface area contributed by atoms with E-state index in [0.717, 1.165) is 21.1 Å².